The number of nitrogens with zero attached hydrogens (tertiary/aromatic N) is 4. The number of aromatic nitrogens is 4. The third-order valence-corrected chi connectivity index (χ3v) is 6.92. The minimum Gasteiger partial charge on any atom is -0.461 e. The highest BCUT2D eigenvalue weighted by Gasteiger charge is 2.21. The number of rotatable bonds is 7. The molecule has 0 amide bonds. The largest absolute Gasteiger partial charge is 0.461 e. The van der Waals surface area contributed by atoms with Crippen molar-refractivity contribution in [3.05, 3.63) is 34.9 Å². The van der Waals surface area contributed by atoms with Crippen molar-refractivity contribution in [1.82, 2.24) is 19.6 Å². The molecule has 0 spiro atoms. The molecule has 174 valence electrons. The Morgan fingerprint density at radius 3 is 1.47 bits per heavy atom. The lowest BCUT2D eigenvalue weighted by Crippen LogP contribution is -2.25. The van der Waals surface area contributed by atoms with Gasteiger partial charge in [-0.1, -0.05) is 48.0 Å². The van der Waals surface area contributed by atoms with Gasteiger partial charge in [-0.15, -0.1) is 0 Å². The van der Waals surface area contributed by atoms with Crippen LogP contribution in [0.25, 0.3) is 0 Å². The first-order chi connectivity index (χ1) is 15.0. The van der Waals surface area contributed by atoms with Crippen LogP contribution in [-0.2, 0) is 19.1 Å². The summed E-state index contributed by atoms with van der Waals surface area (Å²) in [6.07, 6.45) is 0. The molecule has 0 aliphatic rings. The summed E-state index contributed by atoms with van der Waals surface area (Å²) in [4.78, 5) is 24.4. The number of hydrogen-bond acceptors (Lipinski definition) is 10. The highest BCUT2D eigenvalue weighted by molar-refractivity contribution is 8.24. The fourth-order valence-corrected chi connectivity index (χ4v) is 5.38. The van der Waals surface area contributed by atoms with Gasteiger partial charge in [0.25, 0.3) is 0 Å². The first-order valence-electron chi connectivity index (χ1n) is 9.81. The molecule has 0 aromatic carbocycles. The van der Waals surface area contributed by atoms with Crippen LogP contribution in [0, 0.1) is 27.7 Å². The topological polar surface area (TPSA) is 88.2 Å². The van der Waals surface area contributed by atoms with Crippen molar-refractivity contribution in [2.45, 2.75) is 52.0 Å². The van der Waals surface area contributed by atoms with Crippen molar-refractivity contribution in [1.29, 1.82) is 0 Å². The van der Waals surface area contributed by atoms with Gasteiger partial charge in [0.05, 0.1) is 11.4 Å². The summed E-state index contributed by atoms with van der Waals surface area (Å²) in [6.45, 7) is 10.9. The second kappa shape index (κ2) is 11.9. The molecule has 32 heavy (non-hydrogen) atoms. The molecule has 0 bridgehead atoms. The predicted molar refractivity (Wildman–Crippen MR) is 135 cm³/mol. The van der Waals surface area contributed by atoms with Crippen molar-refractivity contribution < 1.29 is 19.1 Å². The number of carbonyl (C=O) groups excluding carboxylic acids is 2. The van der Waals surface area contributed by atoms with Gasteiger partial charge in [-0.25, -0.2) is 9.36 Å². The third-order valence-electron chi connectivity index (χ3n) is 4.16. The lowest BCUT2D eigenvalue weighted by molar-refractivity contribution is -0.151. The number of hydrogen-bond donors (Lipinski definition) is 0. The second-order valence-electron chi connectivity index (χ2n) is 7.06. The highest BCUT2D eigenvalue weighted by Crippen LogP contribution is 2.19. The van der Waals surface area contributed by atoms with Crippen LogP contribution in [0.3, 0.4) is 0 Å². The maximum Gasteiger partial charge on any atom is 0.319 e. The Morgan fingerprint density at radius 2 is 1.19 bits per heavy atom. The van der Waals surface area contributed by atoms with Crippen molar-refractivity contribution in [2.75, 3.05) is 13.2 Å². The van der Waals surface area contributed by atoms with Crippen molar-refractivity contribution in [3.63, 3.8) is 0 Å². The van der Waals surface area contributed by atoms with Crippen LogP contribution in [0.2, 0.25) is 0 Å². The number of esters is 2. The van der Waals surface area contributed by atoms with Crippen LogP contribution in [-0.4, -0.2) is 63.9 Å². The van der Waals surface area contributed by atoms with Crippen LogP contribution in [0.1, 0.15) is 36.6 Å². The van der Waals surface area contributed by atoms with E-state index in [4.69, 9.17) is 33.9 Å². The Kier molecular flexibility index (Phi) is 9.86. The Hall–Kier alpha value is -1.76. The smallest absolute Gasteiger partial charge is 0.319 e. The Morgan fingerprint density at radius 1 is 0.844 bits per heavy atom. The van der Waals surface area contributed by atoms with Gasteiger partial charge in [-0.2, -0.15) is 10.2 Å². The molecule has 12 heteroatoms. The summed E-state index contributed by atoms with van der Waals surface area (Å²) in [5.74, 6) is -0.883. The van der Waals surface area contributed by atoms with E-state index in [2.05, 4.69) is 10.2 Å². The van der Waals surface area contributed by atoms with E-state index in [-0.39, 0.29) is 13.2 Å². The van der Waals surface area contributed by atoms with Gasteiger partial charge in [-0.05, 0) is 53.7 Å². The van der Waals surface area contributed by atoms with Crippen LogP contribution < -0.4 is 0 Å². The molecule has 2 atom stereocenters. The summed E-state index contributed by atoms with van der Waals surface area (Å²) >= 11 is 13.1. The summed E-state index contributed by atoms with van der Waals surface area (Å²) in [5.41, 5.74) is 3.50. The van der Waals surface area contributed by atoms with E-state index in [0.29, 0.717) is 8.64 Å². The summed E-state index contributed by atoms with van der Waals surface area (Å²) in [5, 5.41) is 7.58. The van der Waals surface area contributed by atoms with Gasteiger partial charge in [0.1, 0.15) is 23.7 Å². The molecule has 2 rings (SSSR count). The Labute approximate surface area is 206 Å². The van der Waals surface area contributed by atoms with E-state index < -0.39 is 22.4 Å². The zero-order chi connectivity index (χ0) is 24.0. The molecule has 2 aromatic heterocycles. The molecule has 2 aromatic rings. The van der Waals surface area contributed by atoms with Gasteiger partial charge in [0.2, 0.25) is 0 Å². The molecule has 0 saturated heterocycles. The number of aryl methyl sites for hydroxylation is 4. The fourth-order valence-electron chi connectivity index (χ4n) is 2.65. The van der Waals surface area contributed by atoms with E-state index in [1.165, 1.54) is 23.5 Å². The van der Waals surface area contributed by atoms with Crippen molar-refractivity contribution in [2.24, 2.45) is 0 Å². The van der Waals surface area contributed by atoms with E-state index in [0.717, 1.165) is 22.8 Å². The first-order valence-corrected chi connectivity index (χ1v) is 12.4. The van der Waals surface area contributed by atoms with Gasteiger partial charge in [0.15, 0.2) is 8.64 Å². The molecule has 0 aliphatic carbocycles. The second-order valence-corrected chi connectivity index (χ2v) is 11.0. The van der Waals surface area contributed by atoms with Crippen molar-refractivity contribution >= 4 is 68.5 Å². The molecule has 8 nitrogen and oxygen atoms in total. The maximum atomic E-state index is 12.2. The van der Waals surface area contributed by atoms with Crippen LogP contribution in [0.4, 0.5) is 0 Å². The monoisotopic (exact) mass is 514 g/mol. The van der Waals surface area contributed by atoms with Crippen molar-refractivity contribution in [3.8, 4) is 0 Å². The van der Waals surface area contributed by atoms with Gasteiger partial charge in [0, 0.05) is 11.4 Å². The van der Waals surface area contributed by atoms with Gasteiger partial charge < -0.3 is 9.47 Å². The van der Waals surface area contributed by atoms with E-state index in [1.807, 2.05) is 39.8 Å². The van der Waals surface area contributed by atoms with Crippen LogP contribution >= 0.6 is 48.0 Å². The summed E-state index contributed by atoms with van der Waals surface area (Å²) < 4.78 is 14.6. The Bertz CT molecular complexity index is 937. The Balaban J connectivity index is 1.71. The average molecular weight is 515 g/mol. The van der Waals surface area contributed by atoms with Crippen LogP contribution in [0.5, 0.6) is 0 Å². The minimum absolute atomic E-state index is 0.0402. The molecule has 2 heterocycles. The standard InChI is InChI=1S/C20H26N4O4S4/c1-11-9-13(3)23(21-11)19(29)31-15(5)17(25)27-7-8-28-18(26)16(6)32-20(30)24-14(4)10-12(2)22-24/h9-10,15-16H,7-8H2,1-6H3. The maximum absolute atomic E-state index is 12.2. The molecule has 2 unspecified atom stereocenters. The molecule has 0 N–H and O–H groups in total. The SMILES string of the molecule is Cc1cc(C)n(C(=S)SC(C)C(=O)OCCOC(=O)C(C)SC(=S)n2nc(C)cc2C)n1. The molecular formula is C20H26N4O4S4. The lowest BCUT2D eigenvalue weighted by atomic mass is 10.4. The number of carbonyl (C=O) groups is 2. The molecule has 0 fully saturated rings. The normalized spacial score (nSPS) is 12.8. The van der Waals surface area contributed by atoms with E-state index in [1.54, 1.807) is 23.2 Å². The number of ether oxygens (including phenoxy) is 2. The quantitative estimate of drug-likeness (QED) is 0.310. The lowest BCUT2D eigenvalue weighted by Gasteiger charge is -2.14. The third kappa shape index (κ3) is 7.39. The number of thioether (sulfide) groups is 2. The number of thiocarbonyl (C=S) groups is 2. The van der Waals surface area contributed by atoms with E-state index in [9.17, 15) is 9.59 Å². The summed E-state index contributed by atoms with van der Waals surface area (Å²) in [7, 11) is 0. The summed E-state index contributed by atoms with van der Waals surface area (Å²) in [6, 6.07) is 3.82. The minimum atomic E-state index is -0.519. The zero-order valence-corrected chi connectivity index (χ0v) is 22.0. The average Bonchev–Trinajstić information content (AvgIpc) is 3.24. The fraction of sp³-hybridized carbons (Fsp3) is 0.500. The zero-order valence-electron chi connectivity index (χ0n) is 18.8. The van der Waals surface area contributed by atoms with E-state index >= 15 is 0 Å². The highest BCUT2D eigenvalue weighted by atomic mass is 32.2. The predicted octanol–water partition coefficient (Wildman–Crippen LogP) is 3.61. The van der Waals surface area contributed by atoms with Gasteiger partial charge >= 0.3 is 11.9 Å². The molecular weight excluding hydrogens is 489 g/mol. The van der Waals surface area contributed by atoms with Crippen LogP contribution in [0.15, 0.2) is 12.1 Å². The molecule has 0 aliphatic heterocycles. The first kappa shape index (κ1) is 26.5. The molecule has 0 saturated carbocycles. The molecule has 0 radical (unpaired) electrons. The van der Waals surface area contributed by atoms with Gasteiger partial charge in [-0.3, -0.25) is 9.59 Å².